The van der Waals surface area contributed by atoms with Crippen molar-refractivity contribution in [2.75, 3.05) is 0 Å². The van der Waals surface area contributed by atoms with Gasteiger partial charge in [-0.05, 0) is 53.3 Å². The molecule has 1 unspecified atom stereocenters. The Morgan fingerprint density at radius 1 is 1.24 bits per heavy atom. The van der Waals surface area contributed by atoms with E-state index in [2.05, 4.69) is 16.8 Å². The molecule has 2 aromatic rings. The molecule has 2 rings (SSSR count). The number of thiophene rings is 1. The third kappa shape index (κ3) is 3.65. The zero-order valence-electron chi connectivity index (χ0n) is 9.60. The van der Waals surface area contributed by atoms with Crippen molar-refractivity contribution >= 4 is 11.3 Å². The van der Waals surface area contributed by atoms with E-state index >= 15 is 0 Å². The van der Waals surface area contributed by atoms with Crippen LogP contribution in [0.1, 0.15) is 17.5 Å². The monoisotopic (exact) mass is 249 g/mol. The van der Waals surface area contributed by atoms with Crippen LogP contribution in [0, 0.1) is 5.82 Å². The van der Waals surface area contributed by atoms with E-state index in [1.165, 1.54) is 11.6 Å². The lowest BCUT2D eigenvalue weighted by molar-refractivity contribution is 0.566. The zero-order valence-corrected chi connectivity index (χ0v) is 10.4. The Kier molecular flexibility index (Phi) is 4.29. The first kappa shape index (κ1) is 12.3. The fourth-order valence-electron chi connectivity index (χ4n) is 1.84. The maximum absolute atomic E-state index is 13.4. The van der Waals surface area contributed by atoms with Crippen LogP contribution in [0.4, 0.5) is 4.39 Å². The molecule has 0 radical (unpaired) electrons. The molecule has 0 bridgehead atoms. The second-order valence-corrected chi connectivity index (χ2v) is 5.01. The van der Waals surface area contributed by atoms with Crippen LogP contribution in [0.3, 0.4) is 0 Å². The summed E-state index contributed by atoms with van der Waals surface area (Å²) in [4.78, 5) is 0. The predicted octanol–water partition coefficient (Wildman–Crippen LogP) is 3.39. The normalized spacial score (nSPS) is 12.6. The van der Waals surface area contributed by atoms with Gasteiger partial charge in [0, 0.05) is 6.04 Å². The Morgan fingerprint density at radius 3 is 2.76 bits per heavy atom. The lowest BCUT2D eigenvalue weighted by Gasteiger charge is -2.11. The summed E-state index contributed by atoms with van der Waals surface area (Å²) in [6, 6.07) is 8.98. The lowest BCUT2D eigenvalue weighted by Crippen LogP contribution is -2.23. The van der Waals surface area contributed by atoms with Crippen LogP contribution in [0.15, 0.2) is 41.1 Å². The fourth-order valence-corrected chi connectivity index (χ4v) is 2.54. The molecular weight excluding hydrogens is 233 g/mol. The molecule has 0 saturated heterocycles. The highest BCUT2D eigenvalue weighted by molar-refractivity contribution is 7.07. The van der Waals surface area contributed by atoms with Gasteiger partial charge in [0.05, 0.1) is 0 Å². The summed E-state index contributed by atoms with van der Waals surface area (Å²) in [7, 11) is 0. The van der Waals surface area contributed by atoms with Gasteiger partial charge in [-0.2, -0.15) is 11.3 Å². The van der Waals surface area contributed by atoms with Gasteiger partial charge in [0.1, 0.15) is 5.82 Å². The molecule has 90 valence electrons. The summed E-state index contributed by atoms with van der Waals surface area (Å²) in [5, 5.41) is 4.20. The van der Waals surface area contributed by atoms with Crippen LogP contribution in [-0.4, -0.2) is 6.04 Å². The number of benzene rings is 1. The molecule has 1 aromatic heterocycles. The first-order valence-electron chi connectivity index (χ1n) is 5.76. The standard InChI is InChI=1S/C14H16FNS/c15-14-4-2-1-3-12(14)9-13(16)6-5-11-7-8-17-10-11/h1-4,7-8,10,13H,5-6,9,16H2. The predicted molar refractivity (Wildman–Crippen MR) is 70.7 cm³/mol. The van der Waals surface area contributed by atoms with Crippen molar-refractivity contribution < 1.29 is 4.39 Å². The molecule has 1 atom stereocenters. The largest absolute Gasteiger partial charge is 0.327 e. The number of nitrogens with two attached hydrogens (primary N) is 1. The van der Waals surface area contributed by atoms with Crippen molar-refractivity contribution in [1.29, 1.82) is 0 Å². The fraction of sp³-hybridized carbons (Fsp3) is 0.286. The van der Waals surface area contributed by atoms with E-state index in [1.807, 2.05) is 6.07 Å². The molecule has 0 aliphatic carbocycles. The highest BCUT2D eigenvalue weighted by Gasteiger charge is 2.08. The number of rotatable bonds is 5. The van der Waals surface area contributed by atoms with Gasteiger partial charge in [-0.25, -0.2) is 4.39 Å². The average Bonchev–Trinajstić information content (AvgIpc) is 2.82. The lowest BCUT2D eigenvalue weighted by atomic mass is 10.0. The third-order valence-corrected chi connectivity index (χ3v) is 3.56. The molecule has 1 heterocycles. The molecule has 0 aliphatic rings. The van der Waals surface area contributed by atoms with Crippen LogP contribution in [0.2, 0.25) is 0 Å². The molecule has 2 N–H and O–H groups in total. The SMILES string of the molecule is NC(CCc1ccsc1)Cc1ccccc1F. The van der Waals surface area contributed by atoms with Gasteiger partial charge in [-0.15, -0.1) is 0 Å². The van der Waals surface area contributed by atoms with Crippen molar-refractivity contribution in [1.82, 2.24) is 0 Å². The molecule has 3 heteroatoms. The van der Waals surface area contributed by atoms with Gasteiger partial charge in [0.25, 0.3) is 0 Å². The Hall–Kier alpha value is -1.19. The Morgan fingerprint density at radius 2 is 2.06 bits per heavy atom. The molecule has 1 nitrogen and oxygen atoms in total. The van der Waals surface area contributed by atoms with Crippen molar-refractivity contribution in [3.8, 4) is 0 Å². The Bertz CT molecular complexity index is 453. The first-order chi connectivity index (χ1) is 8.25. The summed E-state index contributed by atoms with van der Waals surface area (Å²) < 4.78 is 13.4. The highest BCUT2D eigenvalue weighted by atomic mass is 32.1. The van der Waals surface area contributed by atoms with Crippen LogP contribution in [0.25, 0.3) is 0 Å². The molecule has 0 saturated carbocycles. The minimum atomic E-state index is -0.154. The van der Waals surface area contributed by atoms with Crippen molar-refractivity contribution in [2.45, 2.75) is 25.3 Å². The minimum Gasteiger partial charge on any atom is -0.327 e. The average molecular weight is 249 g/mol. The minimum absolute atomic E-state index is 0.0202. The maximum atomic E-state index is 13.4. The van der Waals surface area contributed by atoms with E-state index in [0.717, 1.165) is 12.8 Å². The summed E-state index contributed by atoms with van der Waals surface area (Å²) >= 11 is 1.70. The first-order valence-corrected chi connectivity index (χ1v) is 6.70. The molecule has 0 amide bonds. The van der Waals surface area contributed by atoms with E-state index in [4.69, 9.17) is 5.73 Å². The van der Waals surface area contributed by atoms with Gasteiger partial charge >= 0.3 is 0 Å². The highest BCUT2D eigenvalue weighted by Crippen LogP contribution is 2.13. The summed E-state index contributed by atoms with van der Waals surface area (Å²) in [6.07, 6.45) is 2.47. The van der Waals surface area contributed by atoms with Gasteiger partial charge in [0.2, 0.25) is 0 Å². The van der Waals surface area contributed by atoms with Crippen LogP contribution in [-0.2, 0) is 12.8 Å². The van der Waals surface area contributed by atoms with Crippen molar-refractivity contribution in [2.24, 2.45) is 5.73 Å². The van der Waals surface area contributed by atoms with E-state index in [-0.39, 0.29) is 11.9 Å². The second kappa shape index (κ2) is 5.94. The van der Waals surface area contributed by atoms with E-state index in [9.17, 15) is 4.39 Å². The van der Waals surface area contributed by atoms with Gasteiger partial charge < -0.3 is 5.73 Å². The van der Waals surface area contributed by atoms with Crippen LogP contribution >= 0.6 is 11.3 Å². The zero-order chi connectivity index (χ0) is 12.1. The maximum Gasteiger partial charge on any atom is 0.126 e. The van der Waals surface area contributed by atoms with E-state index in [1.54, 1.807) is 23.5 Å². The van der Waals surface area contributed by atoms with E-state index in [0.29, 0.717) is 12.0 Å². The third-order valence-electron chi connectivity index (χ3n) is 2.82. The summed E-state index contributed by atoms with van der Waals surface area (Å²) in [6.45, 7) is 0. The topological polar surface area (TPSA) is 26.0 Å². The molecule has 0 spiro atoms. The second-order valence-electron chi connectivity index (χ2n) is 4.23. The molecular formula is C14H16FNS. The van der Waals surface area contributed by atoms with Crippen molar-refractivity contribution in [3.63, 3.8) is 0 Å². The van der Waals surface area contributed by atoms with E-state index < -0.39 is 0 Å². The molecule has 0 fully saturated rings. The van der Waals surface area contributed by atoms with Crippen molar-refractivity contribution in [3.05, 3.63) is 58.0 Å². The Balaban J connectivity index is 1.85. The van der Waals surface area contributed by atoms with Gasteiger partial charge in [-0.1, -0.05) is 18.2 Å². The molecule has 1 aromatic carbocycles. The smallest absolute Gasteiger partial charge is 0.126 e. The quantitative estimate of drug-likeness (QED) is 0.863. The van der Waals surface area contributed by atoms with Gasteiger partial charge in [0.15, 0.2) is 0 Å². The van der Waals surface area contributed by atoms with Crippen LogP contribution < -0.4 is 5.73 Å². The number of hydrogen-bond acceptors (Lipinski definition) is 2. The summed E-state index contributed by atoms with van der Waals surface area (Å²) in [5.74, 6) is -0.154. The number of aryl methyl sites for hydroxylation is 1. The Labute approximate surface area is 105 Å². The molecule has 0 aliphatic heterocycles. The van der Waals surface area contributed by atoms with Crippen LogP contribution in [0.5, 0.6) is 0 Å². The number of hydrogen-bond donors (Lipinski definition) is 1. The van der Waals surface area contributed by atoms with Gasteiger partial charge in [-0.3, -0.25) is 0 Å². The molecule has 17 heavy (non-hydrogen) atoms. The summed E-state index contributed by atoms with van der Waals surface area (Å²) in [5.41, 5.74) is 8.06. The number of halogens is 1.